The molecule has 0 N–H and O–H groups in total. The van der Waals surface area contributed by atoms with E-state index in [0.29, 0.717) is 19.6 Å². The van der Waals surface area contributed by atoms with Crippen LogP contribution in [-0.4, -0.2) is 19.2 Å². The van der Waals surface area contributed by atoms with Crippen molar-refractivity contribution >= 4 is 24.6 Å². The van der Waals surface area contributed by atoms with Crippen molar-refractivity contribution in [3.05, 3.63) is 0 Å². The molecule has 0 aromatic carbocycles. The van der Waals surface area contributed by atoms with Gasteiger partial charge < -0.3 is 4.74 Å². The first-order valence-corrected chi connectivity index (χ1v) is 7.08. The summed E-state index contributed by atoms with van der Waals surface area (Å²) in [6, 6.07) is 0. The largest absolute Gasteiger partial charge is 0.633 e. The topological polar surface area (TPSA) is 52.6 Å². The van der Waals surface area contributed by atoms with E-state index >= 15 is 0 Å². The molecule has 0 saturated heterocycles. The van der Waals surface area contributed by atoms with Gasteiger partial charge in [0.25, 0.3) is 0 Å². The first-order chi connectivity index (χ1) is 7.08. The summed E-state index contributed by atoms with van der Waals surface area (Å²) in [7, 11) is -1.88. The zero-order chi connectivity index (χ0) is 12.1. The smallest absolute Gasteiger partial charge is 0.466 e. The van der Waals surface area contributed by atoms with Gasteiger partial charge in [-0.05, 0) is 24.8 Å². The average Bonchev–Trinajstić information content (AvgIpc) is 2.16. The summed E-state index contributed by atoms with van der Waals surface area (Å²) in [5, 5.41) is 0. The Kier molecular flexibility index (Phi) is 15.9. The molecule has 6 heteroatoms. The van der Waals surface area contributed by atoms with Gasteiger partial charge in [0.05, 0.1) is 6.61 Å². The summed E-state index contributed by atoms with van der Waals surface area (Å²) in [5.74, 6) is -0.0700. The van der Waals surface area contributed by atoms with E-state index in [0.717, 1.165) is 12.8 Å². The third-order valence-electron chi connectivity index (χ3n) is 1.27. The fraction of sp³-hybridized carbons (Fsp3) is 0.889. The number of unbranched alkanes of at least 4 members (excludes halogenated alkanes) is 1. The standard InChI is InChI=1S/C7H14O2.C2H5ClO2P/c1-3-5-6-7(8)9-4-2;1-2-5-6(3)4/h3-6H2,1-2H3;2H2,1H3/q;+1. The van der Waals surface area contributed by atoms with Crippen LogP contribution in [0.3, 0.4) is 0 Å². The Bertz CT molecular complexity index is 175. The lowest BCUT2D eigenvalue weighted by Gasteiger charge is -1.97. The van der Waals surface area contributed by atoms with Crippen LogP contribution in [0.15, 0.2) is 0 Å². The van der Waals surface area contributed by atoms with Gasteiger partial charge in [0.1, 0.15) is 6.61 Å². The molecule has 0 aromatic heterocycles. The van der Waals surface area contributed by atoms with Crippen LogP contribution in [0.4, 0.5) is 0 Å². The molecule has 90 valence electrons. The van der Waals surface area contributed by atoms with Gasteiger partial charge in [-0.1, -0.05) is 13.3 Å². The molecule has 0 amide bonds. The van der Waals surface area contributed by atoms with E-state index in [-0.39, 0.29) is 5.97 Å². The van der Waals surface area contributed by atoms with Crippen LogP contribution in [0.5, 0.6) is 0 Å². The Morgan fingerprint density at radius 3 is 2.13 bits per heavy atom. The van der Waals surface area contributed by atoms with Gasteiger partial charge in [0.2, 0.25) is 11.2 Å². The molecule has 0 aromatic rings. The van der Waals surface area contributed by atoms with Crippen LogP contribution in [0.2, 0.25) is 0 Å². The van der Waals surface area contributed by atoms with Crippen molar-refractivity contribution in [3.8, 4) is 0 Å². The molecule has 15 heavy (non-hydrogen) atoms. The zero-order valence-electron chi connectivity index (χ0n) is 9.49. The second kappa shape index (κ2) is 13.8. The molecular weight excluding hydrogens is 239 g/mol. The molecule has 0 fully saturated rings. The SMILES string of the molecule is CCCCC(=O)OCC.CCO[P+](=O)Cl. The maximum atomic E-state index is 10.6. The van der Waals surface area contributed by atoms with Crippen molar-refractivity contribution in [2.45, 2.75) is 40.0 Å². The summed E-state index contributed by atoms with van der Waals surface area (Å²) < 4.78 is 18.8. The minimum atomic E-state index is -1.88. The maximum Gasteiger partial charge on any atom is 0.633 e. The van der Waals surface area contributed by atoms with Gasteiger partial charge in [0, 0.05) is 6.42 Å². The molecule has 4 nitrogen and oxygen atoms in total. The van der Waals surface area contributed by atoms with Crippen LogP contribution in [-0.2, 0) is 18.6 Å². The van der Waals surface area contributed by atoms with Crippen LogP contribution < -0.4 is 0 Å². The van der Waals surface area contributed by atoms with E-state index in [2.05, 4.69) is 11.4 Å². The average molecular weight is 258 g/mol. The fourth-order valence-electron chi connectivity index (χ4n) is 0.656. The highest BCUT2D eigenvalue weighted by Crippen LogP contribution is 2.26. The highest BCUT2D eigenvalue weighted by molar-refractivity contribution is 7.69. The van der Waals surface area contributed by atoms with Crippen molar-refractivity contribution in [2.24, 2.45) is 0 Å². The number of rotatable bonds is 6. The van der Waals surface area contributed by atoms with Crippen LogP contribution >= 0.6 is 18.6 Å². The van der Waals surface area contributed by atoms with Gasteiger partial charge in [-0.15, -0.1) is 4.52 Å². The monoisotopic (exact) mass is 257 g/mol. The summed E-state index contributed by atoms with van der Waals surface area (Å²) in [6.45, 7) is 6.53. The third-order valence-corrected chi connectivity index (χ3v) is 2.02. The number of carbonyl (C=O) groups excluding carboxylic acids is 1. The first-order valence-electron chi connectivity index (χ1n) is 4.99. The summed E-state index contributed by atoms with van der Waals surface area (Å²) >= 11 is 4.86. The minimum Gasteiger partial charge on any atom is -0.466 e. The Balaban J connectivity index is 0. The molecule has 0 aliphatic carbocycles. The Morgan fingerprint density at radius 1 is 1.27 bits per heavy atom. The summed E-state index contributed by atoms with van der Waals surface area (Å²) in [4.78, 5) is 10.6. The molecule has 0 heterocycles. The second-order valence-electron chi connectivity index (χ2n) is 2.54. The van der Waals surface area contributed by atoms with Crippen molar-refractivity contribution in [1.29, 1.82) is 0 Å². The number of esters is 1. The van der Waals surface area contributed by atoms with Crippen LogP contribution in [0.25, 0.3) is 0 Å². The maximum absolute atomic E-state index is 10.6. The van der Waals surface area contributed by atoms with E-state index in [1.807, 2.05) is 6.92 Å². The Morgan fingerprint density at radius 2 is 1.87 bits per heavy atom. The lowest BCUT2D eigenvalue weighted by atomic mass is 10.3. The van der Waals surface area contributed by atoms with Crippen molar-refractivity contribution < 1.29 is 18.6 Å². The molecule has 0 saturated carbocycles. The van der Waals surface area contributed by atoms with E-state index in [9.17, 15) is 9.36 Å². The summed E-state index contributed by atoms with van der Waals surface area (Å²) in [5.41, 5.74) is 0. The number of ether oxygens (including phenoxy) is 1. The zero-order valence-corrected chi connectivity index (χ0v) is 11.1. The second-order valence-corrected chi connectivity index (χ2v) is 4.05. The molecule has 0 aliphatic rings. The van der Waals surface area contributed by atoms with Gasteiger partial charge in [-0.25, -0.2) is 0 Å². The van der Waals surface area contributed by atoms with E-state index in [1.165, 1.54) is 0 Å². The molecule has 0 spiro atoms. The van der Waals surface area contributed by atoms with Gasteiger partial charge in [-0.3, -0.25) is 4.79 Å². The van der Waals surface area contributed by atoms with Gasteiger partial charge >= 0.3 is 13.3 Å². The van der Waals surface area contributed by atoms with Gasteiger partial charge in [-0.2, -0.15) is 0 Å². The van der Waals surface area contributed by atoms with Crippen LogP contribution in [0.1, 0.15) is 40.0 Å². The lowest BCUT2D eigenvalue weighted by molar-refractivity contribution is -0.143. The number of carbonyl (C=O) groups is 1. The molecule has 1 atom stereocenters. The minimum absolute atomic E-state index is 0.0700. The van der Waals surface area contributed by atoms with Crippen molar-refractivity contribution in [2.75, 3.05) is 13.2 Å². The van der Waals surface area contributed by atoms with Gasteiger partial charge in [0.15, 0.2) is 0 Å². The highest BCUT2D eigenvalue weighted by atomic mass is 35.7. The first kappa shape index (κ1) is 17.2. The Labute approximate surface area is 96.9 Å². The molecule has 1 unspecified atom stereocenters. The Hall–Kier alpha value is -0.180. The highest BCUT2D eigenvalue weighted by Gasteiger charge is 2.07. The van der Waals surface area contributed by atoms with Crippen LogP contribution in [0, 0.1) is 0 Å². The van der Waals surface area contributed by atoms with E-state index in [4.69, 9.17) is 16.0 Å². The third kappa shape index (κ3) is 20.0. The normalized spacial score (nSPS) is 10.0. The molecule has 0 aliphatic heterocycles. The predicted molar refractivity (Wildman–Crippen MR) is 61.2 cm³/mol. The van der Waals surface area contributed by atoms with E-state index < -0.39 is 7.38 Å². The molecule has 0 radical (unpaired) electrons. The van der Waals surface area contributed by atoms with Crippen molar-refractivity contribution in [3.63, 3.8) is 0 Å². The van der Waals surface area contributed by atoms with E-state index in [1.54, 1.807) is 6.92 Å². The predicted octanol–water partition coefficient (Wildman–Crippen LogP) is 3.66. The molecule has 0 bridgehead atoms. The number of hydrogen-bond acceptors (Lipinski definition) is 4. The quantitative estimate of drug-likeness (QED) is 0.538. The summed E-state index contributed by atoms with van der Waals surface area (Å²) in [6.07, 6.45) is 2.57. The number of halogens is 1. The molecular formula is C9H19ClO4P+. The lowest BCUT2D eigenvalue weighted by Crippen LogP contribution is -2.02. The van der Waals surface area contributed by atoms with Crippen molar-refractivity contribution in [1.82, 2.24) is 0 Å². The molecule has 0 rings (SSSR count). The fourth-order valence-corrected chi connectivity index (χ4v) is 1.15. The number of hydrogen-bond donors (Lipinski definition) is 0.